The van der Waals surface area contributed by atoms with Crippen molar-refractivity contribution in [2.75, 3.05) is 23.4 Å². The summed E-state index contributed by atoms with van der Waals surface area (Å²) in [5, 5.41) is 6.10. The first kappa shape index (κ1) is 16.5. The minimum Gasteiger partial charge on any atom is -0.355 e. The van der Waals surface area contributed by atoms with E-state index in [2.05, 4.69) is 10.6 Å². The molecular weight excluding hydrogens is 324 g/mol. The average Bonchev–Trinajstić information content (AvgIpc) is 2.93. The first-order chi connectivity index (χ1) is 11.5. The maximum atomic E-state index is 12.5. The zero-order valence-corrected chi connectivity index (χ0v) is 14.1. The van der Waals surface area contributed by atoms with Crippen molar-refractivity contribution in [1.29, 1.82) is 0 Å². The molecule has 1 aliphatic rings. The Kier molecular flexibility index (Phi) is 4.85. The van der Waals surface area contributed by atoms with E-state index in [9.17, 15) is 13.2 Å². The van der Waals surface area contributed by atoms with Crippen LogP contribution in [0, 0.1) is 5.92 Å². The Morgan fingerprint density at radius 1 is 1.04 bits per heavy atom. The maximum absolute atomic E-state index is 12.5. The fourth-order valence-electron chi connectivity index (χ4n) is 2.83. The predicted octanol–water partition coefficient (Wildman–Crippen LogP) is 2.59. The van der Waals surface area contributed by atoms with E-state index in [4.69, 9.17) is 0 Å². The van der Waals surface area contributed by atoms with Crippen molar-refractivity contribution in [2.24, 2.45) is 5.92 Å². The fourth-order valence-corrected chi connectivity index (χ4v) is 4.69. The lowest BCUT2D eigenvalue weighted by atomic mass is 10.1. The van der Waals surface area contributed by atoms with Crippen molar-refractivity contribution < 1.29 is 13.2 Å². The van der Waals surface area contributed by atoms with Gasteiger partial charge >= 0.3 is 0 Å². The molecule has 1 aliphatic heterocycles. The third-order valence-electron chi connectivity index (χ3n) is 4.10. The third-order valence-corrected chi connectivity index (χ3v) is 5.94. The van der Waals surface area contributed by atoms with Gasteiger partial charge in [-0.2, -0.15) is 0 Å². The van der Waals surface area contributed by atoms with E-state index in [1.807, 2.05) is 48.5 Å². The predicted molar refractivity (Wildman–Crippen MR) is 95.3 cm³/mol. The third kappa shape index (κ3) is 4.14. The highest BCUT2D eigenvalue weighted by molar-refractivity contribution is 7.91. The molecule has 1 atom stereocenters. The summed E-state index contributed by atoms with van der Waals surface area (Å²) in [5.74, 6) is 0.197. The highest BCUT2D eigenvalue weighted by atomic mass is 32.2. The minimum absolute atomic E-state index is 0.00759. The molecule has 5 nitrogen and oxygen atoms in total. The maximum Gasteiger partial charge on any atom is 0.253 e. The largest absolute Gasteiger partial charge is 0.355 e. The smallest absolute Gasteiger partial charge is 0.253 e. The SMILES string of the molecule is O=C(NCC1CCS(=O)(=O)C1)c1ccccc1Nc1ccccc1. The molecule has 0 radical (unpaired) electrons. The Hall–Kier alpha value is -2.34. The molecule has 0 bridgehead atoms. The lowest BCUT2D eigenvalue weighted by Crippen LogP contribution is -2.30. The van der Waals surface area contributed by atoms with Crippen LogP contribution in [0.25, 0.3) is 0 Å². The number of hydrogen-bond donors (Lipinski definition) is 2. The first-order valence-electron chi connectivity index (χ1n) is 7.93. The van der Waals surface area contributed by atoms with Crippen molar-refractivity contribution >= 4 is 27.1 Å². The summed E-state index contributed by atoms with van der Waals surface area (Å²) >= 11 is 0. The Balaban J connectivity index is 1.67. The molecule has 6 heteroatoms. The molecule has 2 aromatic rings. The van der Waals surface area contributed by atoms with Crippen LogP contribution in [0.15, 0.2) is 54.6 Å². The summed E-state index contributed by atoms with van der Waals surface area (Å²) in [6, 6.07) is 16.9. The number of hydrogen-bond acceptors (Lipinski definition) is 4. The summed E-state index contributed by atoms with van der Waals surface area (Å²) in [7, 11) is -2.92. The summed E-state index contributed by atoms with van der Waals surface area (Å²) in [5.41, 5.74) is 2.17. The van der Waals surface area contributed by atoms with Gasteiger partial charge in [-0.25, -0.2) is 8.42 Å². The zero-order valence-electron chi connectivity index (χ0n) is 13.2. The molecule has 1 amide bonds. The monoisotopic (exact) mass is 344 g/mol. The van der Waals surface area contributed by atoms with Crippen LogP contribution in [-0.2, 0) is 9.84 Å². The molecule has 1 unspecified atom stereocenters. The Labute approximate surface area is 142 Å². The van der Waals surface area contributed by atoms with Gasteiger partial charge in [-0.05, 0) is 36.6 Å². The molecule has 0 aromatic heterocycles. The molecule has 1 fully saturated rings. The van der Waals surface area contributed by atoms with Gasteiger partial charge in [-0.3, -0.25) is 4.79 Å². The summed E-state index contributed by atoms with van der Waals surface area (Å²) in [4.78, 5) is 12.5. The number of carbonyl (C=O) groups excluding carboxylic acids is 1. The normalized spacial score (nSPS) is 18.9. The number of para-hydroxylation sites is 2. The first-order valence-corrected chi connectivity index (χ1v) is 9.75. The van der Waals surface area contributed by atoms with Gasteiger partial charge in [-0.15, -0.1) is 0 Å². The lowest BCUT2D eigenvalue weighted by molar-refractivity contribution is 0.0949. The molecule has 0 spiro atoms. The molecule has 126 valence electrons. The molecule has 0 aliphatic carbocycles. The molecule has 0 saturated carbocycles. The Bertz CT molecular complexity index is 819. The minimum atomic E-state index is -2.92. The van der Waals surface area contributed by atoms with Gasteiger partial charge in [0.05, 0.1) is 22.8 Å². The number of anilines is 2. The molecule has 3 rings (SSSR count). The molecule has 2 N–H and O–H groups in total. The van der Waals surface area contributed by atoms with Gasteiger partial charge < -0.3 is 10.6 Å². The highest BCUT2D eigenvalue weighted by Crippen LogP contribution is 2.21. The lowest BCUT2D eigenvalue weighted by Gasteiger charge is -2.14. The van der Waals surface area contributed by atoms with Gasteiger partial charge in [0.25, 0.3) is 5.91 Å². The number of amides is 1. The van der Waals surface area contributed by atoms with E-state index in [0.29, 0.717) is 18.5 Å². The zero-order chi connectivity index (χ0) is 17.0. The van der Waals surface area contributed by atoms with Crippen molar-refractivity contribution in [3.05, 3.63) is 60.2 Å². The van der Waals surface area contributed by atoms with Crippen LogP contribution in [0.3, 0.4) is 0 Å². The van der Waals surface area contributed by atoms with Gasteiger partial charge in [0.15, 0.2) is 9.84 Å². The van der Waals surface area contributed by atoms with Gasteiger partial charge in [-0.1, -0.05) is 30.3 Å². The number of nitrogens with one attached hydrogen (secondary N) is 2. The second-order valence-electron chi connectivity index (χ2n) is 6.02. The van der Waals surface area contributed by atoms with Crippen LogP contribution >= 0.6 is 0 Å². The van der Waals surface area contributed by atoms with Crippen LogP contribution in [0.2, 0.25) is 0 Å². The summed E-state index contributed by atoms with van der Waals surface area (Å²) in [6.45, 7) is 0.387. The van der Waals surface area contributed by atoms with Crippen molar-refractivity contribution in [3.8, 4) is 0 Å². The molecule has 1 saturated heterocycles. The van der Waals surface area contributed by atoms with Crippen LogP contribution in [0.1, 0.15) is 16.8 Å². The Morgan fingerprint density at radius 2 is 1.75 bits per heavy atom. The number of carbonyl (C=O) groups is 1. The van der Waals surface area contributed by atoms with Crippen LogP contribution < -0.4 is 10.6 Å². The van der Waals surface area contributed by atoms with E-state index >= 15 is 0 Å². The quantitative estimate of drug-likeness (QED) is 0.874. The van der Waals surface area contributed by atoms with E-state index in [0.717, 1.165) is 11.4 Å². The van der Waals surface area contributed by atoms with Crippen molar-refractivity contribution in [3.63, 3.8) is 0 Å². The van der Waals surface area contributed by atoms with Crippen LogP contribution in [0.5, 0.6) is 0 Å². The summed E-state index contributed by atoms with van der Waals surface area (Å²) < 4.78 is 23.0. The number of sulfone groups is 1. The molecular formula is C18H20N2O3S. The average molecular weight is 344 g/mol. The standard InChI is InChI=1S/C18H20N2O3S/c21-18(19-12-14-10-11-24(22,23)13-14)16-8-4-5-9-17(16)20-15-6-2-1-3-7-15/h1-9,14,20H,10-13H2,(H,19,21). The number of benzene rings is 2. The van der Waals surface area contributed by atoms with E-state index in [-0.39, 0.29) is 23.3 Å². The second-order valence-corrected chi connectivity index (χ2v) is 8.24. The fraction of sp³-hybridized carbons (Fsp3) is 0.278. The van der Waals surface area contributed by atoms with Crippen LogP contribution in [0.4, 0.5) is 11.4 Å². The van der Waals surface area contributed by atoms with Crippen molar-refractivity contribution in [2.45, 2.75) is 6.42 Å². The van der Waals surface area contributed by atoms with Crippen molar-refractivity contribution in [1.82, 2.24) is 5.32 Å². The highest BCUT2D eigenvalue weighted by Gasteiger charge is 2.28. The van der Waals surface area contributed by atoms with E-state index in [1.165, 1.54) is 0 Å². The van der Waals surface area contributed by atoms with Gasteiger partial charge in [0.1, 0.15) is 0 Å². The molecule has 1 heterocycles. The van der Waals surface area contributed by atoms with Crippen LogP contribution in [-0.4, -0.2) is 32.4 Å². The van der Waals surface area contributed by atoms with Gasteiger partial charge in [0, 0.05) is 12.2 Å². The molecule has 2 aromatic carbocycles. The topological polar surface area (TPSA) is 75.3 Å². The Morgan fingerprint density at radius 3 is 2.46 bits per heavy atom. The van der Waals surface area contributed by atoms with Gasteiger partial charge in [0.2, 0.25) is 0 Å². The van der Waals surface area contributed by atoms with E-state index in [1.54, 1.807) is 6.07 Å². The molecule has 24 heavy (non-hydrogen) atoms. The summed E-state index contributed by atoms with van der Waals surface area (Å²) in [6.07, 6.45) is 0.618. The number of rotatable bonds is 5. The second kappa shape index (κ2) is 7.05. The van der Waals surface area contributed by atoms with E-state index < -0.39 is 9.84 Å².